The van der Waals surface area contributed by atoms with Gasteiger partial charge in [-0.3, -0.25) is 4.79 Å². The average Bonchev–Trinajstić information content (AvgIpc) is 2.55. The number of ether oxygens (including phenoxy) is 1. The maximum absolute atomic E-state index is 12.5. The molecule has 2 rings (SSSR count). The van der Waals surface area contributed by atoms with Gasteiger partial charge in [0, 0.05) is 17.3 Å². The lowest BCUT2D eigenvalue weighted by atomic mass is 9.97. The Labute approximate surface area is 153 Å². The highest BCUT2D eigenvalue weighted by molar-refractivity contribution is 6.31. The fourth-order valence-electron chi connectivity index (χ4n) is 2.14. The number of nitrogens with one attached hydrogen (secondary N) is 2. The number of carbonyl (C=O) groups is 1. The molecule has 0 aliphatic heterocycles. The molecule has 0 aliphatic rings. The molecule has 1 amide bonds. The van der Waals surface area contributed by atoms with Gasteiger partial charge in [0.2, 0.25) is 0 Å². The van der Waals surface area contributed by atoms with Crippen LogP contribution in [0, 0.1) is 12.3 Å². The molecule has 0 aliphatic carbocycles. The predicted octanol–water partition coefficient (Wildman–Crippen LogP) is 4.57. The van der Waals surface area contributed by atoms with Gasteiger partial charge in [-0.15, -0.1) is 0 Å². The number of pyridine rings is 1. The summed E-state index contributed by atoms with van der Waals surface area (Å²) in [7, 11) is 1.52. The lowest BCUT2D eigenvalue weighted by molar-refractivity contribution is 0.0931. The normalized spacial score (nSPS) is 11.1. The van der Waals surface area contributed by atoms with E-state index in [0.29, 0.717) is 23.1 Å². The summed E-state index contributed by atoms with van der Waals surface area (Å²) < 4.78 is 5.27. The van der Waals surface area contributed by atoms with Crippen molar-refractivity contribution in [3.05, 3.63) is 46.6 Å². The van der Waals surface area contributed by atoms with Crippen molar-refractivity contribution in [2.75, 3.05) is 19.0 Å². The maximum Gasteiger partial charge on any atom is 0.273 e. The summed E-state index contributed by atoms with van der Waals surface area (Å²) in [4.78, 5) is 16.9. The van der Waals surface area contributed by atoms with Crippen LogP contribution in [0.3, 0.4) is 0 Å². The minimum absolute atomic E-state index is 0.0143. The van der Waals surface area contributed by atoms with Crippen molar-refractivity contribution in [1.29, 1.82) is 0 Å². The zero-order chi connectivity index (χ0) is 18.6. The van der Waals surface area contributed by atoms with Crippen molar-refractivity contribution in [2.45, 2.75) is 27.7 Å². The molecule has 5 nitrogen and oxygen atoms in total. The van der Waals surface area contributed by atoms with E-state index in [0.717, 1.165) is 11.3 Å². The van der Waals surface area contributed by atoms with Crippen molar-refractivity contribution < 1.29 is 9.53 Å². The fourth-order valence-corrected chi connectivity index (χ4v) is 2.26. The van der Waals surface area contributed by atoms with Crippen LogP contribution in [0.1, 0.15) is 36.8 Å². The zero-order valence-electron chi connectivity index (χ0n) is 15.2. The van der Waals surface area contributed by atoms with E-state index >= 15 is 0 Å². The Morgan fingerprint density at radius 3 is 2.56 bits per heavy atom. The Bertz CT molecular complexity index is 770. The van der Waals surface area contributed by atoms with E-state index in [4.69, 9.17) is 16.3 Å². The Morgan fingerprint density at radius 1 is 1.24 bits per heavy atom. The first-order valence-corrected chi connectivity index (χ1v) is 8.44. The SMILES string of the molecule is COc1ccc(Nc2ccc(Cl)c(C)c2)nc1C(=O)NCC(C)(C)C. The topological polar surface area (TPSA) is 63.2 Å². The van der Waals surface area contributed by atoms with Gasteiger partial charge in [0.1, 0.15) is 11.6 Å². The molecule has 2 aromatic rings. The van der Waals surface area contributed by atoms with E-state index in [1.54, 1.807) is 12.1 Å². The van der Waals surface area contributed by atoms with Gasteiger partial charge in [-0.1, -0.05) is 32.4 Å². The molecule has 1 heterocycles. The molecule has 134 valence electrons. The summed E-state index contributed by atoms with van der Waals surface area (Å²) >= 11 is 6.05. The average molecular weight is 362 g/mol. The molecule has 0 bridgehead atoms. The van der Waals surface area contributed by atoms with Crippen molar-refractivity contribution >= 4 is 29.0 Å². The third-order valence-corrected chi connectivity index (χ3v) is 3.93. The van der Waals surface area contributed by atoms with Crippen molar-refractivity contribution in [1.82, 2.24) is 10.3 Å². The van der Waals surface area contributed by atoms with Crippen LogP contribution in [0.2, 0.25) is 5.02 Å². The first-order valence-electron chi connectivity index (χ1n) is 8.06. The number of nitrogens with zero attached hydrogens (tertiary/aromatic N) is 1. The van der Waals surface area contributed by atoms with Crippen molar-refractivity contribution in [3.63, 3.8) is 0 Å². The van der Waals surface area contributed by atoms with Gasteiger partial charge in [0.25, 0.3) is 5.91 Å². The molecule has 0 saturated carbocycles. The van der Waals surface area contributed by atoms with E-state index in [1.807, 2.05) is 25.1 Å². The Hall–Kier alpha value is -2.27. The third-order valence-electron chi connectivity index (χ3n) is 3.50. The van der Waals surface area contributed by atoms with Crippen molar-refractivity contribution in [3.8, 4) is 5.75 Å². The van der Waals surface area contributed by atoms with Crippen LogP contribution in [-0.2, 0) is 0 Å². The molecular weight excluding hydrogens is 338 g/mol. The number of carbonyl (C=O) groups excluding carboxylic acids is 1. The lowest BCUT2D eigenvalue weighted by Crippen LogP contribution is -2.33. The standard InChI is InChI=1S/C19H24ClN3O2/c1-12-10-13(6-7-14(12)20)22-16-9-8-15(25-5)17(23-16)18(24)21-11-19(2,3)4/h6-10H,11H2,1-5H3,(H,21,24)(H,22,23). The van der Waals surface area contributed by atoms with Crippen LogP contribution in [0.15, 0.2) is 30.3 Å². The minimum Gasteiger partial charge on any atom is -0.494 e. The Morgan fingerprint density at radius 2 is 1.96 bits per heavy atom. The van der Waals surface area contributed by atoms with Crippen molar-refractivity contribution in [2.24, 2.45) is 5.41 Å². The number of benzene rings is 1. The number of hydrogen-bond acceptors (Lipinski definition) is 4. The van der Waals surface area contributed by atoms with Crippen LogP contribution in [0.4, 0.5) is 11.5 Å². The molecule has 6 heteroatoms. The van der Waals surface area contributed by atoms with Gasteiger partial charge in [0.05, 0.1) is 7.11 Å². The smallest absolute Gasteiger partial charge is 0.273 e. The van der Waals surface area contributed by atoms with Gasteiger partial charge >= 0.3 is 0 Å². The third kappa shape index (κ3) is 5.36. The summed E-state index contributed by atoms with van der Waals surface area (Å²) in [5, 5.41) is 6.78. The van der Waals surface area contributed by atoms with E-state index in [9.17, 15) is 4.79 Å². The zero-order valence-corrected chi connectivity index (χ0v) is 16.0. The minimum atomic E-state index is -0.261. The second-order valence-corrected chi connectivity index (χ2v) is 7.49. The predicted molar refractivity (Wildman–Crippen MR) is 102 cm³/mol. The van der Waals surface area contributed by atoms with Gasteiger partial charge < -0.3 is 15.4 Å². The number of halogens is 1. The second kappa shape index (κ2) is 7.74. The van der Waals surface area contributed by atoms with Gasteiger partial charge in [-0.2, -0.15) is 0 Å². The van der Waals surface area contributed by atoms with Crippen LogP contribution in [0.5, 0.6) is 5.75 Å². The van der Waals surface area contributed by atoms with Gasteiger partial charge in [0.15, 0.2) is 5.69 Å². The first kappa shape index (κ1) is 19.1. The second-order valence-electron chi connectivity index (χ2n) is 7.08. The lowest BCUT2D eigenvalue weighted by Gasteiger charge is -2.19. The molecule has 25 heavy (non-hydrogen) atoms. The van der Waals surface area contributed by atoms with Crippen LogP contribution in [-0.4, -0.2) is 24.5 Å². The molecular formula is C19H24ClN3O2. The Balaban J connectivity index is 2.23. The quantitative estimate of drug-likeness (QED) is 0.818. The van der Waals surface area contributed by atoms with Crippen LogP contribution >= 0.6 is 11.6 Å². The van der Waals surface area contributed by atoms with Crippen LogP contribution < -0.4 is 15.4 Å². The summed E-state index contributed by atoms with van der Waals surface area (Å²) in [6.45, 7) is 8.64. The monoisotopic (exact) mass is 361 g/mol. The number of hydrogen-bond donors (Lipinski definition) is 2. The maximum atomic E-state index is 12.5. The summed E-state index contributed by atoms with van der Waals surface area (Å²) in [5.41, 5.74) is 2.05. The number of aryl methyl sites for hydroxylation is 1. The van der Waals surface area contributed by atoms with Crippen LogP contribution in [0.25, 0.3) is 0 Å². The number of rotatable bonds is 5. The van der Waals surface area contributed by atoms with Gasteiger partial charge in [-0.25, -0.2) is 4.98 Å². The Kier molecular flexibility index (Phi) is 5.90. The molecule has 0 radical (unpaired) electrons. The van der Waals surface area contributed by atoms with E-state index in [2.05, 4.69) is 36.4 Å². The van der Waals surface area contributed by atoms with E-state index < -0.39 is 0 Å². The molecule has 0 unspecified atom stereocenters. The largest absolute Gasteiger partial charge is 0.494 e. The molecule has 1 aromatic carbocycles. The number of methoxy groups -OCH3 is 1. The molecule has 0 fully saturated rings. The number of amides is 1. The number of aromatic nitrogens is 1. The molecule has 0 saturated heterocycles. The summed E-state index contributed by atoms with van der Waals surface area (Å²) in [5.74, 6) is 0.732. The molecule has 1 aromatic heterocycles. The summed E-state index contributed by atoms with van der Waals surface area (Å²) in [6.07, 6.45) is 0. The molecule has 0 atom stereocenters. The fraction of sp³-hybridized carbons (Fsp3) is 0.368. The number of anilines is 2. The molecule has 0 spiro atoms. The van der Waals surface area contributed by atoms with Gasteiger partial charge in [-0.05, 0) is 48.2 Å². The molecule has 2 N–H and O–H groups in total. The summed E-state index contributed by atoms with van der Waals surface area (Å²) in [6, 6.07) is 9.10. The first-order chi connectivity index (χ1) is 11.7. The van der Waals surface area contributed by atoms with E-state index in [1.165, 1.54) is 7.11 Å². The van der Waals surface area contributed by atoms with E-state index in [-0.39, 0.29) is 17.0 Å². The highest BCUT2D eigenvalue weighted by atomic mass is 35.5. The highest BCUT2D eigenvalue weighted by Crippen LogP contribution is 2.24. The highest BCUT2D eigenvalue weighted by Gasteiger charge is 2.18.